The maximum absolute atomic E-state index is 13.0. The van der Waals surface area contributed by atoms with Crippen LogP contribution in [0.25, 0.3) is 0 Å². The Kier molecular flexibility index (Phi) is 4.33. The summed E-state index contributed by atoms with van der Waals surface area (Å²) in [6.07, 6.45) is 3.83. The van der Waals surface area contributed by atoms with Crippen molar-refractivity contribution in [1.29, 1.82) is 0 Å². The Morgan fingerprint density at radius 1 is 1.31 bits per heavy atom. The molecular formula is C20H30N4O2. The molecule has 0 aromatic carbocycles. The predicted molar refractivity (Wildman–Crippen MR) is 99.9 cm³/mol. The van der Waals surface area contributed by atoms with Crippen LogP contribution < -0.4 is 0 Å². The molecular weight excluding hydrogens is 328 g/mol. The highest BCUT2D eigenvalue weighted by Gasteiger charge is 2.56. The van der Waals surface area contributed by atoms with E-state index < -0.39 is 0 Å². The van der Waals surface area contributed by atoms with Gasteiger partial charge in [-0.1, -0.05) is 20.8 Å². The summed E-state index contributed by atoms with van der Waals surface area (Å²) in [4.78, 5) is 24.1. The lowest BCUT2D eigenvalue weighted by molar-refractivity contribution is -0.112. The number of hydrogen-bond acceptors (Lipinski definition) is 5. The van der Waals surface area contributed by atoms with Crippen LogP contribution in [-0.4, -0.2) is 87.7 Å². The molecule has 6 nitrogen and oxygen atoms in total. The van der Waals surface area contributed by atoms with E-state index in [9.17, 15) is 9.90 Å². The smallest absolute Gasteiger partial charge is 0.255 e. The summed E-state index contributed by atoms with van der Waals surface area (Å²) < 4.78 is 0. The van der Waals surface area contributed by atoms with E-state index in [1.807, 2.05) is 17.0 Å². The van der Waals surface area contributed by atoms with Gasteiger partial charge in [0, 0.05) is 57.7 Å². The summed E-state index contributed by atoms with van der Waals surface area (Å²) >= 11 is 0. The number of aliphatic hydroxyl groups is 1. The normalized spacial score (nSPS) is 28.8. The Bertz CT molecular complexity index is 666. The van der Waals surface area contributed by atoms with Crippen LogP contribution in [0.4, 0.5) is 0 Å². The first-order valence-corrected chi connectivity index (χ1v) is 9.62. The molecule has 2 atom stereocenters. The zero-order valence-electron chi connectivity index (χ0n) is 16.1. The molecule has 3 fully saturated rings. The zero-order chi connectivity index (χ0) is 18.5. The van der Waals surface area contributed by atoms with Crippen molar-refractivity contribution in [3.63, 3.8) is 0 Å². The van der Waals surface area contributed by atoms with Gasteiger partial charge in [-0.3, -0.25) is 19.6 Å². The summed E-state index contributed by atoms with van der Waals surface area (Å²) in [6, 6.07) is 3.91. The van der Waals surface area contributed by atoms with Gasteiger partial charge < -0.3 is 10.0 Å². The molecule has 4 heterocycles. The van der Waals surface area contributed by atoms with Crippen LogP contribution in [0.1, 0.15) is 37.6 Å². The topological polar surface area (TPSA) is 59.9 Å². The summed E-state index contributed by atoms with van der Waals surface area (Å²) in [5.74, 6) is 0.0628. The minimum absolute atomic E-state index is 0.0104. The van der Waals surface area contributed by atoms with Crippen LogP contribution >= 0.6 is 0 Å². The summed E-state index contributed by atoms with van der Waals surface area (Å²) in [6.45, 7) is 12.0. The molecule has 6 heteroatoms. The number of carbonyl (C=O) groups excluding carboxylic acids is 1. The molecule has 1 N–H and O–H groups in total. The van der Waals surface area contributed by atoms with E-state index in [1.165, 1.54) is 0 Å². The van der Waals surface area contributed by atoms with Crippen molar-refractivity contribution >= 4 is 5.91 Å². The molecule has 142 valence electrons. The summed E-state index contributed by atoms with van der Waals surface area (Å²) in [5, 5.41) is 10.2. The highest BCUT2D eigenvalue weighted by molar-refractivity contribution is 5.94. The molecule has 0 bridgehead atoms. The molecule has 26 heavy (non-hydrogen) atoms. The molecule has 1 aromatic heterocycles. The molecule has 1 spiro atoms. The van der Waals surface area contributed by atoms with Gasteiger partial charge in [0.2, 0.25) is 0 Å². The van der Waals surface area contributed by atoms with Crippen molar-refractivity contribution in [2.45, 2.75) is 44.9 Å². The van der Waals surface area contributed by atoms with E-state index in [-0.39, 0.29) is 29.0 Å². The number of rotatable bonds is 2. The van der Waals surface area contributed by atoms with Gasteiger partial charge in [-0.05, 0) is 24.0 Å². The number of piperazine rings is 1. The maximum atomic E-state index is 13.0. The van der Waals surface area contributed by atoms with Gasteiger partial charge >= 0.3 is 0 Å². The Morgan fingerprint density at radius 2 is 2.08 bits per heavy atom. The lowest BCUT2D eigenvalue weighted by Crippen LogP contribution is -2.78. The fraction of sp³-hybridized carbons (Fsp3) is 0.700. The Morgan fingerprint density at radius 3 is 2.73 bits per heavy atom. The molecule has 3 aliphatic rings. The third-order valence-electron chi connectivity index (χ3n) is 5.85. The van der Waals surface area contributed by atoms with E-state index in [1.54, 1.807) is 12.4 Å². The van der Waals surface area contributed by atoms with Gasteiger partial charge in [0.15, 0.2) is 0 Å². The van der Waals surface area contributed by atoms with E-state index in [4.69, 9.17) is 0 Å². The predicted octanol–water partition coefficient (Wildman–Crippen LogP) is 1.07. The van der Waals surface area contributed by atoms with Gasteiger partial charge in [-0.15, -0.1) is 0 Å². The van der Waals surface area contributed by atoms with Crippen LogP contribution in [-0.2, 0) is 0 Å². The van der Waals surface area contributed by atoms with E-state index in [0.29, 0.717) is 12.1 Å². The molecule has 1 aromatic rings. The second-order valence-electron chi connectivity index (χ2n) is 9.55. The number of carbonyl (C=O) groups is 1. The van der Waals surface area contributed by atoms with Gasteiger partial charge in [-0.25, -0.2) is 0 Å². The van der Waals surface area contributed by atoms with Crippen molar-refractivity contribution in [2.24, 2.45) is 5.41 Å². The first-order valence-electron chi connectivity index (χ1n) is 9.62. The van der Waals surface area contributed by atoms with Crippen molar-refractivity contribution < 1.29 is 9.90 Å². The molecule has 0 radical (unpaired) electrons. The Hall–Kier alpha value is -1.50. The van der Waals surface area contributed by atoms with Gasteiger partial charge in [0.25, 0.3) is 5.91 Å². The minimum atomic E-state index is -0.276. The standard InChI is InChI=1S/C20H30N4O2/c1-19(2,3)11-22-12-20(13-22)14-23(9-16-7-17(25)10-24(16)20)18(26)15-5-4-6-21-8-15/h4-6,8,16-17,25H,7,9-14H2,1-3H3/t16-,17+/m0/s1. The van der Waals surface area contributed by atoms with Crippen LogP contribution in [0.2, 0.25) is 0 Å². The van der Waals surface area contributed by atoms with Crippen LogP contribution in [0.5, 0.6) is 0 Å². The second-order valence-corrected chi connectivity index (χ2v) is 9.55. The third kappa shape index (κ3) is 3.26. The van der Waals surface area contributed by atoms with Crippen LogP contribution in [0, 0.1) is 5.41 Å². The van der Waals surface area contributed by atoms with Crippen molar-refractivity contribution in [2.75, 3.05) is 39.3 Å². The van der Waals surface area contributed by atoms with Crippen LogP contribution in [0.15, 0.2) is 24.5 Å². The molecule has 4 rings (SSSR count). The second kappa shape index (κ2) is 6.29. The number of likely N-dealkylation sites (tertiary alicyclic amines) is 1. The molecule has 0 unspecified atom stereocenters. The molecule has 3 saturated heterocycles. The number of pyridine rings is 1. The van der Waals surface area contributed by atoms with Gasteiger partial charge in [0.05, 0.1) is 17.2 Å². The largest absolute Gasteiger partial charge is 0.392 e. The van der Waals surface area contributed by atoms with E-state index in [0.717, 1.165) is 39.1 Å². The van der Waals surface area contributed by atoms with Crippen molar-refractivity contribution in [3.8, 4) is 0 Å². The lowest BCUT2D eigenvalue weighted by atomic mass is 9.81. The highest BCUT2D eigenvalue weighted by atomic mass is 16.3. The first kappa shape index (κ1) is 17.9. The Labute approximate surface area is 155 Å². The number of aliphatic hydroxyl groups excluding tert-OH is 1. The number of nitrogens with zero attached hydrogens (tertiary/aromatic N) is 4. The zero-order valence-corrected chi connectivity index (χ0v) is 16.1. The SMILES string of the molecule is CC(C)(C)CN1CC2(C1)CN(C(=O)c1cccnc1)C[C@@H]1C[C@@H](O)CN12. The van der Waals surface area contributed by atoms with E-state index in [2.05, 4.69) is 35.6 Å². The Balaban J connectivity index is 1.53. The quantitative estimate of drug-likeness (QED) is 0.857. The molecule has 3 aliphatic heterocycles. The fourth-order valence-electron chi connectivity index (χ4n) is 5.09. The number of fused-ring (bicyclic) bond motifs is 2. The van der Waals surface area contributed by atoms with Gasteiger partial charge in [-0.2, -0.15) is 0 Å². The molecule has 0 aliphatic carbocycles. The average molecular weight is 358 g/mol. The number of β-amino-alcohol motifs (C(OH)–C–C–N with tert-alkyl or cyclic N) is 1. The summed E-state index contributed by atoms with van der Waals surface area (Å²) in [5.41, 5.74) is 0.912. The first-order chi connectivity index (χ1) is 12.3. The summed E-state index contributed by atoms with van der Waals surface area (Å²) in [7, 11) is 0. The van der Waals surface area contributed by atoms with Crippen molar-refractivity contribution in [1.82, 2.24) is 19.7 Å². The third-order valence-corrected chi connectivity index (χ3v) is 5.85. The molecule has 1 amide bonds. The maximum Gasteiger partial charge on any atom is 0.255 e. The monoisotopic (exact) mass is 358 g/mol. The van der Waals surface area contributed by atoms with E-state index >= 15 is 0 Å². The van der Waals surface area contributed by atoms with Crippen molar-refractivity contribution in [3.05, 3.63) is 30.1 Å². The number of amides is 1. The fourth-order valence-corrected chi connectivity index (χ4v) is 5.09. The van der Waals surface area contributed by atoms with Crippen LogP contribution in [0.3, 0.4) is 0 Å². The molecule has 0 saturated carbocycles. The average Bonchev–Trinajstić information content (AvgIpc) is 2.93. The number of hydrogen-bond donors (Lipinski definition) is 1. The van der Waals surface area contributed by atoms with Gasteiger partial charge in [0.1, 0.15) is 0 Å². The minimum Gasteiger partial charge on any atom is -0.392 e. The lowest BCUT2D eigenvalue weighted by Gasteiger charge is -2.61. The highest BCUT2D eigenvalue weighted by Crippen LogP contribution is 2.40. The number of aromatic nitrogens is 1.